The van der Waals surface area contributed by atoms with Gasteiger partial charge >= 0.3 is 0 Å². The molecule has 2 N–H and O–H groups in total. The van der Waals surface area contributed by atoms with Crippen LogP contribution in [0.25, 0.3) is 0 Å². The highest BCUT2D eigenvalue weighted by Crippen LogP contribution is 2.43. The molecule has 7 heteroatoms. The van der Waals surface area contributed by atoms with Crippen LogP contribution >= 0.6 is 23.2 Å². The number of phenolic OH excluding ortho intramolecular Hbond substituents is 1. The monoisotopic (exact) mass is 405 g/mol. The van der Waals surface area contributed by atoms with Crippen molar-refractivity contribution in [3.8, 4) is 5.75 Å². The summed E-state index contributed by atoms with van der Waals surface area (Å²) < 4.78 is 0. The van der Waals surface area contributed by atoms with Gasteiger partial charge in [0.05, 0.1) is 11.6 Å². The van der Waals surface area contributed by atoms with Crippen molar-refractivity contribution in [2.24, 2.45) is 5.92 Å². The smallest absolute Gasteiger partial charge is 0.294 e. The molecule has 1 amide bonds. The molecule has 5 nitrogen and oxygen atoms in total. The Morgan fingerprint density at radius 3 is 2.11 bits per heavy atom. The fraction of sp³-hybridized carbons (Fsp3) is 0.200. The number of amides is 1. The van der Waals surface area contributed by atoms with Gasteiger partial charge in [0.25, 0.3) is 5.91 Å². The zero-order chi connectivity index (χ0) is 19.9. The molecule has 2 aromatic rings. The van der Waals surface area contributed by atoms with E-state index in [0.717, 1.165) is 0 Å². The Bertz CT molecular complexity index is 931. The number of Topliss-reactive ketones (excluding diaryl/α,β-unsaturated/α-hetero) is 1. The van der Waals surface area contributed by atoms with Crippen LogP contribution in [0.3, 0.4) is 0 Å². The Hall–Kier alpha value is -2.50. The molecule has 1 aliphatic rings. The topological polar surface area (TPSA) is 77.8 Å². The van der Waals surface area contributed by atoms with Crippen LogP contribution in [-0.4, -0.2) is 21.9 Å². The molecule has 0 aromatic heterocycles. The highest BCUT2D eigenvalue weighted by molar-refractivity contribution is 6.35. The maximum Gasteiger partial charge on any atom is 0.294 e. The van der Waals surface area contributed by atoms with E-state index in [1.165, 1.54) is 35.2 Å². The number of hydrogen-bond acceptors (Lipinski definition) is 4. The van der Waals surface area contributed by atoms with Crippen molar-refractivity contribution >= 4 is 40.6 Å². The van der Waals surface area contributed by atoms with Gasteiger partial charge < -0.3 is 10.2 Å². The molecule has 27 heavy (non-hydrogen) atoms. The number of carbonyl (C=O) groups is 2. The Balaban J connectivity index is 2.21. The molecule has 0 aliphatic carbocycles. The van der Waals surface area contributed by atoms with Crippen LogP contribution in [0, 0.1) is 5.92 Å². The predicted molar refractivity (Wildman–Crippen MR) is 104 cm³/mol. The van der Waals surface area contributed by atoms with Gasteiger partial charge in [-0.1, -0.05) is 49.2 Å². The molecule has 2 aromatic carbocycles. The Kier molecular flexibility index (Phi) is 5.18. The minimum Gasteiger partial charge on any atom is -0.508 e. The van der Waals surface area contributed by atoms with E-state index < -0.39 is 23.6 Å². The number of aromatic hydroxyl groups is 1. The summed E-state index contributed by atoms with van der Waals surface area (Å²) in [5.41, 5.74) is 0.927. The third kappa shape index (κ3) is 3.53. The number of nitrogens with zero attached hydrogens (tertiary/aromatic N) is 1. The molecule has 0 fully saturated rings. The van der Waals surface area contributed by atoms with E-state index in [9.17, 15) is 19.8 Å². The van der Waals surface area contributed by atoms with Crippen LogP contribution in [0.4, 0.5) is 5.69 Å². The normalized spacial score (nSPS) is 17.1. The number of phenols is 1. The fourth-order valence-corrected chi connectivity index (χ4v) is 3.60. The first-order valence-corrected chi connectivity index (χ1v) is 9.02. The van der Waals surface area contributed by atoms with Crippen molar-refractivity contribution in [3.63, 3.8) is 0 Å². The summed E-state index contributed by atoms with van der Waals surface area (Å²) in [7, 11) is 0. The SMILES string of the molecule is CC(C)C(=O)C1=C(O)C(=O)N(c2cc(Cl)cc(Cl)c2)C1c1ccc(O)cc1. The predicted octanol–water partition coefficient (Wildman–Crippen LogP) is 4.82. The van der Waals surface area contributed by atoms with Gasteiger partial charge in [-0.15, -0.1) is 0 Å². The molecule has 1 aliphatic heterocycles. The van der Waals surface area contributed by atoms with Crippen molar-refractivity contribution < 1.29 is 19.8 Å². The Morgan fingerprint density at radius 1 is 1.04 bits per heavy atom. The molecule has 140 valence electrons. The molecule has 0 radical (unpaired) electrons. The van der Waals surface area contributed by atoms with Crippen LogP contribution in [0.5, 0.6) is 5.75 Å². The lowest BCUT2D eigenvalue weighted by Gasteiger charge is -2.27. The van der Waals surface area contributed by atoms with Crippen LogP contribution in [0.2, 0.25) is 10.0 Å². The molecule has 0 bridgehead atoms. The third-order valence-electron chi connectivity index (χ3n) is 4.33. The zero-order valence-electron chi connectivity index (χ0n) is 14.6. The number of aliphatic hydroxyl groups excluding tert-OH is 1. The van der Waals surface area contributed by atoms with Crippen molar-refractivity contribution in [1.29, 1.82) is 0 Å². The van der Waals surface area contributed by atoms with Gasteiger partial charge in [0, 0.05) is 21.7 Å². The first-order chi connectivity index (χ1) is 12.7. The molecular formula is C20H17Cl2NO4. The van der Waals surface area contributed by atoms with Gasteiger partial charge in [-0.2, -0.15) is 0 Å². The average Bonchev–Trinajstić information content (AvgIpc) is 2.85. The lowest BCUT2D eigenvalue weighted by atomic mass is 9.91. The van der Waals surface area contributed by atoms with E-state index in [0.29, 0.717) is 21.3 Å². The van der Waals surface area contributed by atoms with Crippen LogP contribution in [0.15, 0.2) is 53.8 Å². The maximum absolute atomic E-state index is 12.8. The molecule has 0 saturated carbocycles. The lowest BCUT2D eigenvalue weighted by Crippen LogP contribution is -2.31. The second-order valence-electron chi connectivity index (χ2n) is 6.58. The van der Waals surface area contributed by atoms with Crippen molar-refractivity contribution in [1.82, 2.24) is 0 Å². The van der Waals surface area contributed by atoms with Crippen molar-refractivity contribution in [2.75, 3.05) is 4.90 Å². The lowest BCUT2D eigenvalue weighted by molar-refractivity contribution is -0.119. The van der Waals surface area contributed by atoms with E-state index in [-0.39, 0.29) is 17.1 Å². The molecule has 3 rings (SSSR count). The summed E-state index contributed by atoms with van der Waals surface area (Å²) in [5, 5.41) is 20.7. The van der Waals surface area contributed by atoms with Crippen LogP contribution in [-0.2, 0) is 9.59 Å². The number of aliphatic hydroxyl groups is 1. The minimum atomic E-state index is -0.859. The largest absolute Gasteiger partial charge is 0.508 e. The number of rotatable bonds is 4. The summed E-state index contributed by atoms with van der Waals surface area (Å²) in [6.07, 6.45) is 0. The molecule has 0 spiro atoms. The number of anilines is 1. The minimum absolute atomic E-state index is 0.0109. The Morgan fingerprint density at radius 2 is 1.59 bits per heavy atom. The maximum atomic E-state index is 12.8. The van der Waals surface area contributed by atoms with E-state index in [1.807, 2.05) is 0 Å². The fourth-order valence-electron chi connectivity index (χ4n) is 3.08. The van der Waals surface area contributed by atoms with E-state index in [4.69, 9.17) is 23.2 Å². The Labute approximate surface area is 166 Å². The summed E-state index contributed by atoms with van der Waals surface area (Å²) in [6, 6.07) is 9.84. The highest BCUT2D eigenvalue weighted by atomic mass is 35.5. The van der Waals surface area contributed by atoms with Gasteiger partial charge in [0.2, 0.25) is 0 Å². The van der Waals surface area contributed by atoms with Crippen LogP contribution in [0.1, 0.15) is 25.5 Å². The van der Waals surface area contributed by atoms with Crippen molar-refractivity contribution in [3.05, 3.63) is 69.4 Å². The molecule has 0 saturated heterocycles. The second kappa shape index (κ2) is 7.25. The van der Waals surface area contributed by atoms with Gasteiger partial charge in [-0.25, -0.2) is 0 Å². The van der Waals surface area contributed by atoms with Crippen molar-refractivity contribution in [2.45, 2.75) is 19.9 Å². The number of carbonyl (C=O) groups excluding carboxylic acids is 2. The summed E-state index contributed by atoms with van der Waals surface area (Å²) in [5.74, 6) is -2.02. The number of halogens is 2. The van der Waals surface area contributed by atoms with Crippen LogP contribution < -0.4 is 4.90 Å². The average molecular weight is 406 g/mol. The number of benzene rings is 2. The molecule has 1 unspecified atom stereocenters. The number of hydrogen-bond donors (Lipinski definition) is 2. The highest BCUT2D eigenvalue weighted by Gasteiger charge is 2.44. The summed E-state index contributed by atoms with van der Waals surface area (Å²) in [6.45, 7) is 3.39. The quantitative estimate of drug-likeness (QED) is 0.763. The molecular weight excluding hydrogens is 389 g/mol. The summed E-state index contributed by atoms with van der Waals surface area (Å²) in [4.78, 5) is 26.9. The molecule has 1 atom stereocenters. The van der Waals surface area contributed by atoms with Gasteiger partial charge in [-0.05, 0) is 35.9 Å². The summed E-state index contributed by atoms with van der Waals surface area (Å²) >= 11 is 12.2. The van der Waals surface area contributed by atoms with Gasteiger partial charge in [-0.3, -0.25) is 14.5 Å². The third-order valence-corrected chi connectivity index (χ3v) is 4.77. The molecule has 1 heterocycles. The standard InChI is InChI=1S/C20H17Cl2NO4/c1-10(2)18(25)16-17(11-3-5-15(24)6-4-11)23(20(27)19(16)26)14-8-12(21)7-13(22)9-14/h3-10,17,24,26H,1-2H3. The van der Waals surface area contributed by atoms with Gasteiger partial charge in [0.15, 0.2) is 11.5 Å². The number of ketones is 1. The van der Waals surface area contributed by atoms with E-state index in [1.54, 1.807) is 26.0 Å². The zero-order valence-corrected chi connectivity index (χ0v) is 16.1. The first-order valence-electron chi connectivity index (χ1n) is 8.26. The van der Waals surface area contributed by atoms with Gasteiger partial charge in [0.1, 0.15) is 5.75 Å². The van der Waals surface area contributed by atoms with E-state index in [2.05, 4.69) is 0 Å². The van der Waals surface area contributed by atoms with E-state index >= 15 is 0 Å². The second-order valence-corrected chi connectivity index (χ2v) is 7.45. The first kappa shape index (κ1) is 19.3.